The van der Waals surface area contributed by atoms with Crippen molar-refractivity contribution in [1.82, 2.24) is 4.98 Å². The lowest BCUT2D eigenvalue weighted by molar-refractivity contribution is 0.222. The van der Waals surface area contributed by atoms with Gasteiger partial charge in [0.05, 0.1) is 0 Å². The van der Waals surface area contributed by atoms with Crippen molar-refractivity contribution in [1.29, 1.82) is 0 Å². The minimum Gasteiger partial charge on any atom is -0.473 e. The Hall–Kier alpha value is -0.550. The molecule has 0 spiro atoms. The van der Waals surface area contributed by atoms with Gasteiger partial charge in [0.2, 0.25) is 0 Å². The van der Waals surface area contributed by atoms with Gasteiger partial charge in [0.1, 0.15) is 0 Å². The highest BCUT2D eigenvalue weighted by Crippen LogP contribution is 2.19. The molecule has 0 aromatic carbocycles. The number of nitrogens with zero attached hydrogens (tertiary/aromatic N) is 1. The molecule has 5 heteroatoms. The van der Waals surface area contributed by atoms with Gasteiger partial charge >= 0.3 is 5.30 Å². The average molecular weight is 161 g/mol. The highest BCUT2D eigenvalue weighted by molar-refractivity contribution is 8.14. The monoisotopic (exact) mass is 161 g/mol. The van der Waals surface area contributed by atoms with E-state index >= 15 is 0 Å². The zero-order chi connectivity index (χ0) is 6.69. The van der Waals surface area contributed by atoms with Crippen LogP contribution in [-0.2, 0) is 0 Å². The molecule has 9 heavy (non-hydrogen) atoms. The molecule has 0 aliphatic rings. The minimum absolute atomic E-state index is 0.572. The Kier molecular flexibility index (Phi) is 2.07. The van der Waals surface area contributed by atoms with Gasteiger partial charge in [-0.2, -0.15) is 0 Å². The highest BCUT2D eigenvalue weighted by Gasteiger charge is 2.01. The summed E-state index contributed by atoms with van der Waals surface area (Å²) in [7, 11) is 0. The van der Waals surface area contributed by atoms with E-state index in [-0.39, 0.29) is 0 Å². The zero-order valence-electron chi connectivity index (χ0n) is 4.27. The minimum atomic E-state index is -0.912. The summed E-state index contributed by atoms with van der Waals surface area (Å²) in [6.45, 7) is 0. The van der Waals surface area contributed by atoms with Crippen LogP contribution in [0.1, 0.15) is 0 Å². The molecule has 1 aromatic rings. The number of thiazole rings is 1. The van der Waals surface area contributed by atoms with E-state index in [1.807, 2.05) is 0 Å². The van der Waals surface area contributed by atoms with Crippen molar-refractivity contribution < 1.29 is 9.90 Å². The molecule has 0 unspecified atom stereocenters. The fraction of sp³-hybridized carbons (Fsp3) is 0. The van der Waals surface area contributed by atoms with Crippen LogP contribution in [-0.4, -0.2) is 15.4 Å². The molecule has 0 bridgehead atoms. The lowest BCUT2D eigenvalue weighted by Gasteiger charge is -1.82. The van der Waals surface area contributed by atoms with E-state index in [0.29, 0.717) is 4.34 Å². The molecule has 0 radical (unpaired) electrons. The lowest BCUT2D eigenvalue weighted by atomic mass is 11.0. The van der Waals surface area contributed by atoms with Gasteiger partial charge < -0.3 is 5.11 Å². The summed E-state index contributed by atoms with van der Waals surface area (Å²) in [6.07, 6.45) is 1.58. The Balaban J connectivity index is 2.58. The summed E-state index contributed by atoms with van der Waals surface area (Å²) < 4.78 is 0.572. The maximum atomic E-state index is 10.00. The summed E-state index contributed by atoms with van der Waals surface area (Å²) in [5.74, 6) is 0. The van der Waals surface area contributed by atoms with Crippen LogP contribution in [0.25, 0.3) is 0 Å². The summed E-state index contributed by atoms with van der Waals surface area (Å²) in [4.78, 5) is 13.8. The van der Waals surface area contributed by atoms with Gasteiger partial charge in [-0.05, 0) is 0 Å². The molecule has 0 aliphatic carbocycles. The van der Waals surface area contributed by atoms with E-state index in [9.17, 15) is 4.79 Å². The van der Waals surface area contributed by atoms with Crippen LogP contribution in [0.5, 0.6) is 0 Å². The third-order valence-corrected chi connectivity index (χ3v) is 2.14. The second kappa shape index (κ2) is 2.84. The van der Waals surface area contributed by atoms with E-state index in [4.69, 9.17) is 5.11 Å². The number of hydrogen-bond acceptors (Lipinski definition) is 4. The van der Waals surface area contributed by atoms with Crippen LogP contribution in [0, 0.1) is 0 Å². The molecule has 3 nitrogen and oxygen atoms in total. The third-order valence-electron chi connectivity index (χ3n) is 0.584. The fourth-order valence-corrected chi connectivity index (χ4v) is 1.53. The number of rotatable bonds is 1. The molecule has 1 N–H and O–H groups in total. The zero-order valence-corrected chi connectivity index (χ0v) is 5.91. The fourth-order valence-electron chi connectivity index (χ4n) is 0.335. The second-order valence-corrected chi connectivity index (χ2v) is 3.26. The van der Waals surface area contributed by atoms with Crippen LogP contribution >= 0.6 is 23.1 Å². The van der Waals surface area contributed by atoms with Crippen molar-refractivity contribution >= 4 is 28.4 Å². The molecule has 0 amide bonds. The molecule has 0 atom stereocenters. The maximum Gasteiger partial charge on any atom is 0.372 e. The van der Waals surface area contributed by atoms with Gasteiger partial charge in [0, 0.05) is 23.3 Å². The Morgan fingerprint density at radius 1 is 1.89 bits per heavy atom. The van der Waals surface area contributed by atoms with Gasteiger partial charge in [0.15, 0.2) is 4.34 Å². The van der Waals surface area contributed by atoms with Crippen LogP contribution in [0.2, 0.25) is 0 Å². The molecule has 0 saturated carbocycles. The summed E-state index contributed by atoms with van der Waals surface area (Å²) in [6, 6.07) is 0. The molecule has 0 saturated heterocycles. The van der Waals surface area contributed by atoms with Gasteiger partial charge in [0.25, 0.3) is 0 Å². The number of carboxylic acid groups (broad SMARTS) is 1. The predicted octanol–water partition coefficient (Wildman–Crippen LogP) is 1.91. The maximum absolute atomic E-state index is 10.00. The Bertz CT molecular complexity index is 196. The Morgan fingerprint density at radius 3 is 3.11 bits per heavy atom. The van der Waals surface area contributed by atoms with Gasteiger partial charge in [-0.1, -0.05) is 0 Å². The van der Waals surface area contributed by atoms with Gasteiger partial charge in [-0.15, -0.1) is 11.3 Å². The summed E-state index contributed by atoms with van der Waals surface area (Å²) in [5.41, 5.74) is 0. The van der Waals surface area contributed by atoms with Crippen molar-refractivity contribution in [3.63, 3.8) is 0 Å². The van der Waals surface area contributed by atoms with Crippen molar-refractivity contribution in [2.45, 2.75) is 4.34 Å². The first kappa shape index (κ1) is 6.57. The normalized spacial score (nSPS) is 9.33. The molecular formula is C4H3NO2S2. The van der Waals surface area contributed by atoms with E-state index < -0.39 is 5.30 Å². The quantitative estimate of drug-likeness (QED) is 0.639. The second-order valence-electron chi connectivity index (χ2n) is 1.17. The molecular weight excluding hydrogens is 158 g/mol. The van der Waals surface area contributed by atoms with E-state index in [2.05, 4.69) is 4.98 Å². The van der Waals surface area contributed by atoms with Crippen molar-refractivity contribution in [2.75, 3.05) is 0 Å². The number of thioether (sulfide) groups is 1. The number of aromatic nitrogens is 1. The molecule has 48 valence electrons. The van der Waals surface area contributed by atoms with Gasteiger partial charge in [-0.3, -0.25) is 0 Å². The van der Waals surface area contributed by atoms with E-state index in [1.165, 1.54) is 11.3 Å². The topological polar surface area (TPSA) is 50.2 Å². The SMILES string of the molecule is O=C(O)Sc1nccs1. The van der Waals surface area contributed by atoms with Crippen molar-refractivity contribution in [3.05, 3.63) is 11.6 Å². The predicted molar refractivity (Wildman–Crippen MR) is 36.0 cm³/mol. The van der Waals surface area contributed by atoms with Crippen LogP contribution in [0.4, 0.5) is 4.79 Å². The van der Waals surface area contributed by atoms with Crippen LogP contribution in [0.3, 0.4) is 0 Å². The largest absolute Gasteiger partial charge is 0.473 e. The Morgan fingerprint density at radius 2 is 2.67 bits per heavy atom. The molecule has 1 heterocycles. The van der Waals surface area contributed by atoms with Crippen LogP contribution in [0.15, 0.2) is 15.9 Å². The van der Waals surface area contributed by atoms with Crippen molar-refractivity contribution in [2.24, 2.45) is 0 Å². The first-order valence-electron chi connectivity index (χ1n) is 2.09. The number of hydrogen-bond donors (Lipinski definition) is 1. The van der Waals surface area contributed by atoms with Crippen LogP contribution < -0.4 is 0 Å². The third kappa shape index (κ3) is 2.03. The highest BCUT2D eigenvalue weighted by atomic mass is 32.2. The van der Waals surface area contributed by atoms with E-state index in [0.717, 1.165) is 11.8 Å². The standard InChI is InChI=1S/C4H3NO2S2/c6-4(7)9-3-5-1-2-8-3/h1-2H,(H,6,7). The van der Waals surface area contributed by atoms with Gasteiger partial charge in [-0.25, -0.2) is 9.78 Å². The summed E-state index contributed by atoms with van der Waals surface area (Å²) >= 11 is 2.05. The van der Waals surface area contributed by atoms with Crippen molar-refractivity contribution in [3.8, 4) is 0 Å². The molecule has 1 aromatic heterocycles. The molecule has 0 aliphatic heterocycles. The first-order chi connectivity index (χ1) is 4.29. The smallest absolute Gasteiger partial charge is 0.372 e. The summed E-state index contributed by atoms with van der Waals surface area (Å²) in [5, 5.41) is 9.04. The molecule has 0 fully saturated rings. The lowest BCUT2D eigenvalue weighted by Crippen LogP contribution is -1.80. The van der Waals surface area contributed by atoms with E-state index in [1.54, 1.807) is 11.6 Å². The number of carbonyl (C=O) groups is 1. The molecule has 1 rings (SSSR count). The average Bonchev–Trinajstić information content (AvgIpc) is 2.15. The Labute approximate surface area is 59.7 Å². The first-order valence-corrected chi connectivity index (χ1v) is 3.79.